The number of aliphatic carboxylic acids is 1. The Morgan fingerprint density at radius 1 is 1.38 bits per heavy atom. The smallest absolute Gasteiger partial charge is 0.326 e. The van der Waals surface area contributed by atoms with Crippen molar-refractivity contribution >= 4 is 11.9 Å². The van der Waals surface area contributed by atoms with E-state index in [-0.39, 0.29) is 12.2 Å². The van der Waals surface area contributed by atoms with Crippen molar-refractivity contribution in [2.45, 2.75) is 19.4 Å². The summed E-state index contributed by atoms with van der Waals surface area (Å²) in [5.74, 6) is -1.90. The van der Waals surface area contributed by atoms with Gasteiger partial charge in [-0.3, -0.25) is 4.79 Å². The predicted octanol–water partition coefficient (Wildman–Crippen LogP) is 0.957. The summed E-state index contributed by atoms with van der Waals surface area (Å²) in [5.41, 5.74) is 0.655. The summed E-state index contributed by atoms with van der Waals surface area (Å²) in [6.45, 7) is 1.25. The van der Waals surface area contributed by atoms with Gasteiger partial charge >= 0.3 is 5.97 Å². The zero-order valence-electron chi connectivity index (χ0n) is 8.74. The number of benzene rings is 1. The number of carbonyl (C=O) groups is 2. The first-order chi connectivity index (χ1) is 7.49. The fourth-order valence-electron chi connectivity index (χ4n) is 1.30. The summed E-state index contributed by atoms with van der Waals surface area (Å²) in [7, 11) is 0. The third-order valence-electron chi connectivity index (χ3n) is 2.03. The Morgan fingerprint density at radius 3 is 2.38 bits per heavy atom. The lowest BCUT2D eigenvalue weighted by Crippen LogP contribution is -2.41. The minimum atomic E-state index is -1.11. The van der Waals surface area contributed by atoms with Crippen LogP contribution in [-0.4, -0.2) is 23.0 Å². The van der Waals surface area contributed by atoms with Crippen molar-refractivity contribution in [3.8, 4) is 0 Å². The minimum Gasteiger partial charge on any atom is -0.480 e. The molecule has 5 heteroatoms. The maximum absolute atomic E-state index is 12.6. The van der Waals surface area contributed by atoms with E-state index < -0.39 is 17.9 Å². The number of nitrogens with one attached hydrogen (secondary N) is 1. The van der Waals surface area contributed by atoms with Gasteiger partial charge in [0.15, 0.2) is 0 Å². The molecule has 0 aliphatic heterocycles. The topological polar surface area (TPSA) is 66.4 Å². The van der Waals surface area contributed by atoms with Gasteiger partial charge in [0.05, 0.1) is 0 Å². The second kappa shape index (κ2) is 5.25. The number of carboxylic acids is 1. The van der Waals surface area contributed by atoms with E-state index in [0.29, 0.717) is 5.56 Å². The highest BCUT2D eigenvalue weighted by Crippen LogP contribution is 2.06. The van der Waals surface area contributed by atoms with Crippen molar-refractivity contribution in [2.24, 2.45) is 0 Å². The summed E-state index contributed by atoms with van der Waals surface area (Å²) in [4.78, 5) is 21.6. The number of rotatable bonds is 4. The van der Waals surface area contributed by atoms with Crippen molar-refractivity contribution in [3.05, 3.63) is 35.6 Å². The van der Waals surface area contributed by atoms with Crippen molar-refractivity contribution in [1.82, 2.24) is 5.32 Å². The van der Waals surface area contributed by atoms with Crippen LogP contribution < -0.4 is 5.32 Å². The molecule has 2 N–H and O–H groups in total. The molecule has 0 unspecified atom stereocenters. The van der Waals surface area contributed by atoms with E-state index in [2.05, 4.69) is 5.32 Å². The Bertz CT molecular complexity index is 389. The number of carboxylic acid groups (broad SMARTS) is 1. The molecule has 1 aromatic carbocycles. The fraction of sp³-hybridized carbons (Fsp3) is 0.273. The number of carbonyl (C=O) groups excluding carboxylic acids is 1. The van der Waals surface area contributed by atoms with Crippen LogP contribution in [0.25, 0.3) is 0 Å². The van der Waals surface area contributed by atoms with Gasteiger partial charge in [-0.05, 0) is 17.7 Å². The molecule has 0 spiro atoms. The molecule has 0 bridgehead atoms. The molecule has 0 aromatic heterocycles. The highest BCUT2D eigenvalue weighted by molar-refractivity contribution is 5.82. The van der Waals surface area contributed by atoms with E-state index in [1.54, 1.807) is 0 Å². The Balaban J connectivity index is 2.71. The summed E-state index contributed by atoms with van der Waals surface area (Å²) in [6.07, 6.45) is 0.134. The highest BCUT2D eigenvalue weighted by Gasteiger charge is 2.18. The van der Waals surface area contributed by atoms with Crippen LogP contribution in [0.5, 0.6) is 0 Å². The minimum absolute atomic E-state index is 0.134. The van der Waals surface area contributed by atoms with E-state index in [4.69, 9.17) is 5.11 Å². The first-order valence-electron chi connectivity index (χ1n) is 4.73. The zero-order chi connectivity index (χ0) is 12.1. The molecule has 0 aliphatic carbocycles. The van der Waals surface area contributed by atoms with Crippen LogP contribution in [0.2, 0.25) is 0 Å². The largest absolute Gasteiger partial charge is 0.480 e. The molecule has 1 amide bonds. The van der Waals surface area contributed by atoms with Crippen LogP contribution >= 0.6 is 0 Å². The summed E-state index contributed by atoms with van der Waals surface area (Å²) < 4.78 is 12.6. The SMILES string of the molecule is CC(=O)N[C@H](Cc1ccc(F)cc1)C(=O)O. The van der Waals surface area contributed by atoms with Crippen LogP contribution in [0.15, 0.2) is 24.3 Å². The van der Waals surface area contributed by atoms with Crippen LogP contribution in [0.4, 0.5) is 4.39 Å². The standard InChI is InChI=1S/C11H12FNO3/c1-7(14)13-10(11(15)16)6-8-2-4-9(12)5-3-8/h2-5,10H,6H2,1H3,(H,13,14)(H,15,16)/t10-/m1/s1. The Morgan fingerprint density at radius 2 is 1.94 bits per heavy atom. The molecule has 0 saturated carbocycles. The van der Waals surface area contributed by atoms with Crippen LogP contribution in [-0.2, 0) is 16.0 Å². The molecule has 4 nitrogen and oxygen atoms in total. The molecule has 86 valence electrons. The van der Waals surface area contributed by atoms with Crippen molar-refractivity contribution in [1.29, 1.82) is 0 Å². The number of hydrogen-bond donors (Lipinski definition) is 2. The lowest BCUT2D eigenvalue weighted by molar-refractivity contribution is -0.141. The molecule has 1 atom stereocenters. The van der Waals surface area contributed by atoms with E-state index in [9.17, 15) is 14.0 Å². The van der Waals surface area contributed by atoms with Crippen LogP contribution in [0.1, 0.15) is 12.5 Å². The first kappa shape index (κ1) is 12.2. The number of amides is 1. The van der Waals surface area contributed by atoms with Gasteiger partial charge in [-0.15, -0.1) is 0 Å². The van der Waals surface area contributed by atoms with Gasteiger partial charge in [-0.25, -0.2) is 9.18 Å². The molecule has 16 heavy (non-hydrogen) atoms. The van der Waals surface area contributed by atoms with Gasteiger partial charge in [-0.1, -0.05) is 12.1 Å². The fourth-order valence-corrected chi connectivity index (χ4v) is 1.30. The Hall–Kier alpha value is -1.91. The van der Waals surface area contributed by atoms with Crippen LogP contribution in [0, 0.1) is 5.82 Å². The van der Waals surface area contributed by atoms with Gasteiger partial charge in [0, 0.05) is 13.3 Å². The molecule has 0 fully saturated rings. The Labute approximate surface area is 92.1 Å². The molecular formula is C11H12FNO3. The molecule has 1 rings (SSSR count). The zero-order valence-corrected chi connectivity index (χ0v) is 8.74. The molecule has 1 aromatic rings. The average molecular weight is 225 g/mol. The quantitative estimate of drug-likeness (QED) is 0.802. The number of hydrogen-bond acceptors (Lipinski definition) is 2. The van der Waals surface area contributed by atoms with E-state index in [0.717, 1.165) is 0 Å². The van der Waals surface area contributed by atoms with Crippen LogP contribution in [0.3, 0.4) is 0 Å². The highest BCUT2D eigenvalue weighted by atomic mass is 19.1. The predicted molar refractivity (Wildman–Crippen MR) is 55.3 cm³/mol. The van der Waals surface area contributed by atoms with E-state index in [1.807, 2.05) is 0 Å². The monoisotopic (exact) mass is 225 g/mol. The summed E-state index contributed by atoms with van der Waals surface area (Å²) in [6, 6.07) is 4.51. The second-order valence-electron chi connectivity index (χ2n) is 3.42. The normalized spacial score (nSPS) is 11.9. The van der Waals surface area contributed by atoms with Crippen molar-refractivity contribution in [2.75, 3.05) is 0 Å². The van der Waals surface area contributed by atoms with E-state index >= 15 is 0 Å². The third-order valence-corrected chi connectivity index (χ3v) is 2.03. The molecule has 0 radical (unpaired) electrons. The lowest BCUT2D eigenvalue weighted by atomic mass is 10.1. The second-order valence-corrected chi connectivity index (χ2v) is 3.42. The third kappa shape index (κ3) is 3.68. The summed E-state index contributed by atoms with van der Waals surface area (Å²) in [5, 5.41) is 11.2. The molecule has 0 aliphatic rings. The lowest BCUT2D eigenvalue weighted by Gasteiger charge is -2.12. The van der Waals surface area contributed by atoms with E-state index in [1.165, 1.54) is 31.2 Å². The Kier molecular flexibility index (Phi) is 3.99. The first-order valence-corrected chi connectivity index (χ1v) is 4.73. The van der Waals surface area contributed by atoms with Crippen molar-refractivity contribution in [3.63, 3.8) is 0 Å². The van der Waals surface area contributed by atoms with Gasteiger partial charge < -0.3 is 10.4 Å². The molecule has 0 heterocycles. The van der Waals surface area contributed by atoms with Gasteiger partial charge in [-0.2, -0.15) is 0 Å². The number of halogens is 1. The van der Waals surface area contributed by atoms with Gasteiger partial charge in [0.1, 0.15) is 11.9 Å². The van der Waals surface area contributed by atoms with Gasteiger partial charge in [0.25, 0.3) is 0 Å². The summed E-state index contributed by atoms with van der Waals surface area (Å²) >= 11 is 0. The molecule has 0 saturated heterocycles. The maximum atomic E-state index is 12.6. The molecular weight excluding hydrogens is 213 g/mol. The van der Waals surface area contributed by atoms with Gasteiger partial charge in [0.2, 0.25) is 5.91 Å². The van der Waals surface area contributed by atoms with Crippen molar-refractivity contribution < 1.29 is 19.1 Å². The maximum Gasteiger partial charge on any atom is 0.326 e. The average Bonchev–Trinajstić information content (AvgIpc) is 2.19.